The van der Waals surface area contributed by atoms with Crippen LogP contribution in [0.1, 0.15) is 32.0 Å². The molecule has 0 radical (unpaired) electrons. The Kier molecular flexibility index (Phi) is 4.38. The third kappa shape index (κ3) is 3.09. The van der Waals surface area contributed by atoms with E-state index in [2.05, 4.69) is 48.1 Å². The predicted molar refractivity (Wildman–Crippen MR) is 113 cm³/mol. The number of hydrogen-bond donors (Lipinski definition) is 2. The summed E-state index contributed by atoms with van der Waals surface area (Å²) in [5.74, 6) is 2.25. The third-order valence-electron chi connectivity index (χ3n) is 5.23. The second kappa shape index (κ2) is 7.05. The number of imidazole rings is 1. The maximum absolute atomic E-state index is 4.80. The first-order valence-electron chi connectivity index (χ1n) is 9.54. The summed E-state index contributed by atoms with van der Waals surface area (Å²) < 4.78 is 2.58. The topological polar surface area (TPSA) is 87.0 Å². The van der Waals surface area contributed by atoms with Crippen molar-refractivity contribution >= 4 is 44.5 Å². The number of hydrogen-bond acceptors (Lipinski definition) is 6. The molecule has 9 heteroatoms. The largest absolute Gasteiger partial charge is 0.347 e. The number of aromatic amines is 1. The van der Waals surface area contributed by atoms with E-state index in [0.717, 1.165) is 45.9 Å². The van der Waals surface area contributed by atoms with Crippen LogP contribution in [0.25, 0.3) is 16.7 Å². The molecule has 5 rings (SSSR count). The normalized spacial score (nSPS) is 17.5. The highest BCUT2D eigenvalue weighted by Crippen LogP contribution is 2.26. The van der Waals surface area contributed by atoms with E-state index in [1.54, 1.807) is 10.7 Å². The first-order valence-corrected chi connectivity index (χ1v) is 10.3. The van der Waals surface area contributed by atoms with Crippen LogP contribution in [0.3, 0.4) is 0 Å². The fourth-order valence-electron chi connectivity index (χ4n) is 3.73. The zero-order valence-corrected chi connectivity index (χ0v) is 17.1. The molecule has 0 saturated carbocycles. The Morgan fingerprint density at radius 2 is 2.11 bits per heavy atom. The number of aromatic nitrogens is 6. The summed E-state index contributed by atoms with van der Waals surface area (Å²) in [6.07, 6.45) is 5.34. The quantitative estimate of drug-likeness (QED) is 0.502. The number of fused-ring (bicyclic) bond motifs is 2. The minimum atomic E-state index is 0.432. The van der Waals surface area contributed by atoms with Gasteiger partial charge >= 0.3 is 0 Å². The van der Waals surface area contributed by atoms with Gasteiger partial charge < -0.3 is 15.2 Å². The molecule has 28 heavy (non-hydrogen) atoms. The molecular weight excluding hydrogens is 420 g/mol. The van der Waals surface area contributed by atoms with Gasteiger partial charge in [0, 0.05) is 12.6 Å². The van der Waals surface area contributed by atoms with Crippen molar-refractivity contribution in [2.24, 2.45) is 0 Å². The summed E-state index contributed by atoms with van der Waals surface area (Å²) in [7, 11) is 0. The second-order valence-electron chi connectivity index (χ2n) is 7.17. The Hall–Kier alpha value is -2.68. The van der Waals surface area contributed by atoms with Crippen molar-refractivity contribution in [1.29, 1.82) is 0 Å². The van der Waals surface area contributed by atoms with E-state index in [0.29, 0.717) is 18.5 Å². The van der Waals surface area contributed by atoms with Gasteiger partial charge in [-0.3, -0.25) is 0 Å². The number of benzene rings is 1. The molecule has 4 aromatic rings. The molecule has 1 atom stereocenters. The fourth-order valence-corrected chi connectivity index (χ4v) is 4.08. The van der Waals surface area contributed by atoms with Gasteiger partial charge in [0.2, 0.25) is 11.9 Å². The monoisotopic (exact) mass is 440 g/mol. The molecular formula is C19H21BrN8. The number of halogens is 1. The van der Waals surface area contributed by atoms with Crippen molar-refractivity contribution in [2.75, 3.05) is 16.8 Å². The Morgan fingerprint density at radius 3 is 2.96 bits per heavy atom. The zero-order chi connectivity index (χ0) is 19.1. The molecule has 0 aliphatic carbocycles. The molecule has 1 aliphatic heterocycles. The maximum atomic E-state index is 4.80. The fraction of sp³-hybridized carbons (Fsp3) is 0.368. The zero-order valence-electron chi connectivity index (χ0n) is 15.6. The molecule has 4 heterocycles. The highest BCUT2D eigenvalue weighted by Gasteiger charge is 2.23. The standard InChI is InChI=1S/C19H21BrN8/c1-12-6-4-5-9-27(12)19-25-17-13(20)10-22-28(17)18(26-19)21-11-16-23-14-7-2-3-8-15(14)24-16/h2-3,7-8,10,12H,4-6,9,11H2,1H3,(H,23,24)(H,21,25,26)/t12-/m0/s1. The molecule has 0 unspecified atom stereocenters. The van der Waals surface area contributed by atoms with E-state index >= 15 is 0 Å². The summed E-state index contributed by atoms with van der Waals surface area (Å²) in [5, 5.41) is 7.79. The van der Waals surface area contributed by atoms with Crippen LogP contribution in [0.15, 0.2) is 34.9 Å². The van der Waals surface area contributed by atoms with E-state index in [-0.39, 0.29) is 0 Å². The SMILES string of the molecule is C[C@H]1CCCCN1c1nc(NCc2nc3ccccc3[nH]2)n2ncc(Br)c2n1. The average Bonchev–Trinajstić information content (AvgIpc) is 3.30. The number of nitrogens with one attached hydrogen (secondary N) is 2. The van der Waals surface area contributed by atoms with Gasteiger partial charge in [-0.2, -0.15) is 19.6 Å². The molecule has 0 spiro atoms. The minimum Gasteiger partial charge on any atom is -0.347 e. The van der Waals surface area contributed by atoms with E-state index < -0.39 is 0 Å². The van der Waals surface area contributed by atoms with Crippen LogP contribution in [0.5, 0.6) is 0 Å². The van der Waals surface area contributed by atoms with E-state index in [1.165, 1.54) is 12.8 Å². The smallest absolute Gasteiger partial charge is 0.230 e. The van der Waals surface area contributed by atoms with Crippen LogP contribution in [0.2, 0.25) is 0 Å². The van der Waals surface area contributed by atoms with Gasteiger partial charge in [0.1, 0.15) is 5.82 Å². The van der Waals surface area contributed by atoms with Crippen molar-refractivity contribution in [1.82, 2.24) is 29.5 Å². The Balaban J connectivity index is 1.48. The van der Waals surface area contributed by atoms with Crippen molar-refractivity contribution in [2.45, 2.75) is 38.8 Å². The predicted octanol–water partition coefficient (Wildman–Crippen LogP) is 3.75. The number of para-hydroxylation sites is 2. The Morgan fingerprint density at radius 1 is 1.21 bits per heavy atom. The molecule has 1 aromatic carbocycles. The lowest BCUT2D eigenvalue weighted by Gasteiger charge is -2.33. The summed E-state index contributed by atoms with van der Waals surface area (Å²) in [6.45, 7) is 3.74. The molecule has 2 N–H and O–H groups in total. The summed E-state index contributed by atoms with van der Waals surface area (Å²) in [4.78, 5) is 19.8. The van der Waals surface area contributed by atoms with Gasteiger partial charge in [-0.25, -0.2) is 4.98 Å². The molecule has 3 aromatic heterocycles. The molecule has 0 bridgehead atoms. The molecule has 8 nitrogen and oxygen atoms in total. The van der Waals surface area contributed by atoms with E-state index in [9.17, 15) is 0 Å². The van der Waals surface area contributed by atoms with Crippen molar-refractivity contribution < 1.29 is 0 Å². The van der Waals surface area contributed by atoms with Gasteiger partial charge in [-0.05, 0) is 54.2 Å². The van der Waals surface area contributed by atoms with Crippen molar-refractivity contribution in [3.63, 3.8) is 0 Å². The van der Waals surface area contributed by atoms with Crippen LogP contribution in [-0.4, -0.2) is 42.1 Å². The van der Waals surface area contributed by atoms with E-state index in [4.69, 9.17) is 9.97 Å². The highest BCUT2D eigenvalue weighted by atomic mass is 79.9. The lowest BCUT2D eigenvalue weighted by atomic mass is 10.0. The Labute approximate surface area is 170 Å². The van der Waals surface area contributed by atoms with E-state index in [1.807, 2.05) is 24.3 Å². The lowest BCUT2D eigenvalue weighted by Crippen LogP contribution is -2.38. The third-order valence-corrected chi connectivity index (χ3v) is 5.78. The maximum Gasteiger partial charge on any atom is 0.230 e. The van der Waals surface area contributed by atoms with Crippen molar-refractivity contribution in [3.05, 3.63) is 40.8 Å². The van der Waals surface area contributed by atoms with Gasteiger partial charge in [0.15, 0.2) is 5.65 Å². The second-order valence-corrected chi connectivity index (χ2v) is 8.02. The summed E-state index contributed by atoms with van der Waals surface area (Å²) in [6, 6.07) is 8.44. The minimum absolute atomic E-state index is 0.432. The first-order chi connectivity index (χ1) is 13.7. The van der Waals surface area contributed by atoms with Crippen LogP contribution < -0.4 is 10.2 Å². The number of rotatable bonds is 4. The molecule has 0 amide bonds. The molecule has 144 valence electrons. The highest BCUT2D eigenvalue weighted by molar-refractivity contribution is 9.10. The van der Waals surface area contributed by atoms with Gasteiger partial charge in [0.25, 0.3) is 0 Å². The number of H-pyrrole nitrogens is 1. The molecule has 1 aliphatic rings. The van der Waals surface area contributed by atoms with Crippen LogP contribution in [0.4, 0.5) is 11.9 Å². The van der Waals surface area contributed by atoms with Crippen LogP contribution in [0, 0.1) is 0 Å². The average molecular weight is 441 g/mol. The van der Waals surface area contributed by atoms with Crippen molar-refractivity contribution in [3.8, 4) is 0 Å². The number of nitrogens with zero attached hydrogens (tertiary/aromatic N) is 6. The molecule has 1 fully saturated rings. The van der Waals surface area contributed by atoms with Gasteiger partial charge in [-0.1, -0.05) is 12.1 Å². The Bertz CT molecular complexity index is 1100. The van der Waals surface area contributed by atoms with Gasteiger partial charge in [-0.15, -0.1) is 0 Å². The lowest BCUT2D eigenvalue weighted by molar-refractivity contribution is 0.477. The number of piperidine rings is 1. The summed E-state index contributed by atoms with van der Waals surface area (Å²) in [5.41, 5.74) is 2.74. The molecule has 1 saturated heterocycles. The number of anilines is 2. The van der Waals surface area contributed by atoms with Gasteiger partial charge in [0.05, 0.1) is 28.2 Å². The van der Waals surface area contributed by atoms with Crippen LogP contribution >= 0.6 is 15.9 Å². The first kappa shape index (κ1) is 17.4. The van der Waals surface area contributed by atoms with Crippen LogP contribution in [-0.2, 0) is 6.54 Å². The summed E-state index contributed by atoms with van der Waals surface area (Å²) >= 11 is 3.56.